The predicted octanol–water partition coefficient (Wildman–Crippen LogP) is 0.922. The minimum Gasteiger partial charge on any atom is -0.406 e. The third-order valence-electron chi connectivity index (χ3n) is 5.59. The van der Waals surface area contributed by atoms with Crippen LogP contribution in [-0.4, -0.2) is 65.7 Å². The van der Waals surface area contributed by atoms with E-state index in [1.54, 1.807) is 0 Å². The van der Waals surface area contributed by atoms with Gasteiger partial charge < -0.3 is 15.4 Å². The van der Waals surface area contributed by atoms with Crippen LogP contribution in [0.4, 0.5) is 17.6 Å². The van der Waals surface area contributed by atoms with Crippen molar-refractivity contribution in [1.82, 2.24) is 15.3 Å². The Hall–Kier alpha value is -3.38. The van der Waals surface area contributed by atoms with Gasteiger partial charge in [0.2, 0.25) is 11.8 Å². The van der Waals surface area contributed by atoms with Crippen LogP contribution in [0.15, 0.2) is 24.3 Å². The van der Waals surface area contributed by atoms with Crippen LogP contribution < -0.4 is 15.9 Å². The number of alkyl halides is 4. The van der Waals surface area contributed by atoms with Crippen LogP contribution in [0.25, 0.3) is 0 Å². The molecule has 1 aromatic rings. The summed E-state index contributed by atoms with van der Waals surface area (Å²) in [5.74, 6) is -3.69. The van der Waals surface area contributed by atoms with Crippen LogP contribution in [-0.2, 0) is 24.6 Å². The molecule has 0 spiro atoms. The van der Waals surface area contributed by atoms with Gasteiger partial charge in [-0.3, -0.25) is 24.6 Å². The predicted molar refractivity (Wildman–Crippen MR) is 104 cm³/mol. The number of ether oxygens (including phenoxy) is 1. The van der Waals surface area contributed by atoms with Gasteiger partial charge >= 0.3 is 6.36 Å². The van der Waals surface area contributed by atoms with E-state index in [0.29, 0.717) is 29.8 Å². The number of nitrogens with two attached hydrogens (primary N) is 1. The lowest BCUT2D eigenvalue weighted by atomic mass is 9.94. The molecule has 1 aromatic carbocycles. The standard InChI is InChI=1S/C20H22F4N4O5/c21-10-16(30)28(11-15(25)29)26-17(31)14-2-1-9-27(14)18(32)19(7-8-19)12-3-5-13(6-4-12)33-20(22,23)24/h3-6,14H,1-2,7-11H2,(H2,25,29)(H,26,31)/t14-/m0/s1. The topological polar surface area (TPSA) is 122 Å². The van der Waals surface area contributed by atoms with Crippen molar-refractivity contribution in [3.05, 3.63) is 29.8 Å². The van der Waals surface area contributed by atoms with Crippen molar-refractivity contribution < 1.29 is 41.5 Å². The van der Waals surface area contributed by atoms with E-state index in [9.17, 15) is 36.7 Å². The highest BCUT2D eigenvalue weighted by molar-refractivity contribution is 5.96. The number of likely N-dealkylation sites (tertiary alicyclic amines) is 1. The maximum atomic E-state index is 13.3. The number of primary amides is 1. The first-order valence-corrected chi connectivity index (χ1v) is 10.1. The second-order valence-corrected chi connectivity index (χ2v) is 7.87. The molecule has 4 amide bonds. The average Bonchev–Trinajstić information content (AvgIpc) is 3.40. The molecule has 0 radical (unpaired) electrons. The van der Waals surface area contributed by atoms with Crippen molar-refractivity contribution in [2.45, 2.75) is 43.5 Å². The Morgan fingerprint density at radius 3 is 2.33 bits per heavy atom. The molecule has 0 aromatic heterocycles. The number of carbonyl (C=O) groups is 4. The third-order valence-corrected chi connectivity index (χ3v) is 5.59. The monoisotopic (exact) mass is 474 g/mol. The fourth-order valence-corrected chi connectivity index (χ4v) is 3.91. The van der Waals surface area contributed by atoms with Gasteiger partial charge in [0.15, 0.2) is 6.67 Å². The van der Waals surface area contributed by atoms with E-state index in [0.717, 1.165) is 12.1 Å². The summed E-state index contributed by atoms with van der Waals surface area (Å²) in [5, 5.41) is 0.470. The molecule has 180 valence electrons. The molecular formula is C20H22F4N4O5. The molecule has 0 unspecified atom stereocenters. The maximum Gasteiger partial charge on any atom is 0.573 e. The summed E-state index contributed by atoms with van der Waals surface area (Å²) < 4.78 is 53.8. The Bertz CT molecular complexity index is 933. The van der Waals surface area contributed by atoms with Crippen LogP contribution in [0.1, 0.15) is 31.2 Å². The van der Waals surface area contributed by atoms with E-state index in [1.165, 1.54) is 17.0 Å². The van der Waals surface area contributed by atoms with E-state index >= 15 is 0 Å². The number of hydrogen-bond acceptors (Lipinski definition) is 5. The highest BCUT2D eigenvalue weighted by atomic mass is 19.4. The summed E-state index contributed by atoms with van der Waals surface area (Å²) >= 11 is 0. The first-order valence-electron chi connectivity index (χ1n) is 10.1. The lowest BCUT2D eigenvalue weighted by Crippen LogP contribution is -2.56. The minimum atomic E-state index is -4.84. The zero-order valence-electron chi connectivity index (χ0n) is 17.4. The van der Waals surface area contributed by atoms with Gasteiger partial charge in [0.1, 0.15) is 18.3 Å². The molecular weight excluding hydrogens is 452 g/mol. The van der Waals surface area contributed by atoms with Gasteiger partial charge in [0.25, 0.3) is 11.8 Å². The molecule has 0 bridgehead atoms. The van der Waals surface area contributed by atoms with Crippen LogP contribution in [0, 0.1) is 0 Å². The van der Waals surface area contributed by atoms with Crippen molar-refractivity contribution in [2.24, 2.45) is 5.73 Å². The molecule has 1 atom stereocenters. The number of nitrogens with zero attached hydrogens (tertiary/aromatic N) is 2. The van der Waals surface area contributed by atoms with Crippen molar-refractivity contribution in [2.75, 3.05) is 19.8 Å². The van der Waals surface area contributed by atoms with Crippen molar-refractivity contribution >= 4 is 23.6 Å². The second kappa shape index (κ2) is 9.24. The number of nitrogens with one attached hydrogen (secondary N) is 1. The van der Waals surface area contributed by atoms with E-state index in [2.05, 4.69) is 10.2 Å². The van der Waals surface area contributed by atoms with Crippen molar-refractivity contribution in [1.29, 1.82) is 0 Å². The lowest BCUT2D eigenvalue weighted by molar-refractivity contribution is -0.274. The fraction of sp³-hybridized carbons (Fsp3) is 0.500. The Labute approximate surface area is 185 Å². The first kappa shape index (κ1) is 24.3. The molecule has 2 fully saturated rings. The highest BCUT2D eigenvalue weighted by Crippen LogP contribution is 2.50. The lowest BCUT2D eigenvalue weighted by Gasteiger charge is -2.30. The van der Waals surface area contributed by atoms with Gasteiger partial charge in [-0.25, -0.2) is 9.40 Å². The quantitative estimate of drug-likeness (QED) is 0.450. The summed E-state index contributed by atoms with van der Waals surface area (Å²) in [7, 11) is 0. The maximum absolute atomic E-state index is 13.3. The van der Waals surface area contributed by atoms with Gasteiger partial charge in [0, 0.05) is 6.54 Å². The highest BCUT2D eigenvalue weighted by Gasteiger charge is 2.55. The van der Waals surface area contributed by atoms with Crippen LogP contribution in [0.3, 0.4) is 0 Å². The Balaban J connectivity index is 1.73. The van der Waals surface area contributed by atoms with Gasteiger partial charge in [-0.2, -0.15) is 0 Å². The fourth-order valence-electron chi connectivity index (χ4n) is 3.91. The molecule has 1 aliphatic heterocycles. The molecule has 9 nitrogen and oxygen atoms in total. The summed E-state index contributed by atoms with van der Waals surface area (Å²) in [6, 6.07) is 4.03. The number of carbonyl (C=O) groups excluding carboxylic acids is 4. The smallest absolute Gasteiger partial charge is 0.406 e. The summed E-state index contributed by atoms with van der Waals surface area (Å²) in [5.41, 5.74) is 6.70. The summed E-state index contributed by atoms with van der Waals surface area (Å²) in [6.45, 7) is -1.94. The first-order chi connectivity index (χ1) is 15.5. The Morgan fingerprint density at radius 1 is 1.18 bits per heavy atom. The van der Waals surface area contributed by atoms with E-state index < -0.39 is 54.5 Å². The minimum absolute atomic E-state index is 0.251. The van der Waals surface area contributed by atoms with E-state index in [1.807, 2.05) is 0 Å². The summed E-state index contributed by atoms with van der Waals surface area (Å²) in [4.78, 5) is 50.2. The molecule has 1 heterocycles. The number of rotatable bonds is 7. The number of hydrazine groups is 1. The van der Waals surface area contributed by atoms with Crippen molar-refractivity contribution in [3.63, 3.8) is 0 Å². The SMILES string of the molecule is NC(=O)CN(NC(=O)[C@@H]1CCCN1C(=O)C1(c2ccc(OC(F)(F)F)cc2)CC1)C(=O)CF. The van der Waals surface area contributed by atoms with Gasteiger partial charge in [-0.05, 0) is 43.4 Å². The zero-order chi connectivity index (χ0) is 24.4. The van der Waals surface area contributed by atoms with E-state index in [4.69, 9.17) is 5.73 Å². The van der Waals surface area contributed by atoms with E-state index in [-0.39, 0.29) is 18.9 Å². The van der Waals surface area contributed by atoms with Crippen LogP contribution in [0.2, 0.25) is 0 Å². The number of hydrogen-bond donors (Lipinski definition) is 2. The van der Waals surface area contributed by atoms with Gasteiger partial charge in [-0.15, -0.1) is 13.2 Å². The molecule has 1 saturated carbocycles. The number of halogens is 4. The molecule has 2 aliphatic rings. The zero-order valence-corrected chi connectivity index (χ0v) is 17.4. The van der Waals surface area contributed by atoms with Gasteiger partial charge in [-0.1, -0.05) is 12.1 Å². The molecule has 13 heteroatoms. The molecule has 1 aliphatic carbocycles. The number of amides is 4. The van der Waals surface area contributed by atoms with Crippen molar-refractivity contribution in [3.8, 4) is 5.75 Å². The second-order valence-electron chi connectivity index (χ2n) is 7.87. The Kier molecular flexibility index (Phi) is 6.79. The summed E-state index contributed by atoms with van der Waals surface area (Å²) in [6.07, 6.45) is -3.17. The third kappa shape index (κ3) is 5.52. The average molecular weight is 474 g/mol. The molecule has 33 heavy (non-hydrogen) atoms. The largest absolute Gasteiger partial charge is 0.573 e. The van der Waals surface area contributed by atoms with Crippen LogP contribution >= 0.6 is 0 Å². The number of benzene rings is 1. The molecule has 3 rings (SSSR count). The molecule has 3 N–H and O–H groups in total. The Morgan fingerprint density at radius 2 is 1.82 bits per heavy atom. The van der Waals surface area contributed by atoms with Crippen LogP contribution in [0.5, 0.6) is 5.75 Å². The normalized spacial score (nSPS) is 19.0. The molecule has 1 saturated heterocycles. The van der Waals surface area contributed by atoms with Gasteiger partial charge in [0.05, 0.1) is 5.41 Å².